The van der Waals surface area contributed by atoms with Gasteiger partial charge in [0, 0.05) is 11.1 Å². The Labute approximate surface area is 124 Å². The molecular formula is C17H19FN2O. The Kier molecular flexibility index (Phi) is 4.48. The van der Waals surface area contributed by atoms with Crippen LogP contribution in [0.25, 0.3) is 11.3 Å². The molecule has 1 aromatic carbocycles. The fourth-order valence-corrected chi connectivity index (χ4v) is 1.81. The van der Waals surface area contributed by atoms with Crippen LogP contribution in [0, 0.1) is 5.82 Å². The number of nitrogens with zero attached hydrogens (tertiary/aromatic N) is 1. The van der Waals surface area contributed by atoms with Crippen molar-refractivity contribution >= 4 is 5.78 Å². The maximum absolute atomic E-state index is 12.9. The fourth-order valence-electron chi connectivity index (χ4n) is 1.81. The summed E-state index contributed by atoms with van der Waals surface area (Å²) >= 11 is 0. The molecule has 0 saturated carbocycles. The van der Waals surface area contributed by atoms with E-state index in [2.05, 4.69) is 10.3 Å². The highest BCUT2D eigenvalue weighted by Crippen LogP contribution is 2.17. The first-order valence-corrected chi connectivity index (χ1v) is 6.86. The minimum absolute atomic E-state index is 0.0612. The van der Waals surface area contributed by atoms with Gasteiger partial charge in [-0.05, 0) is 57.2 Å². The molecule has 0 atom stereocenters. The zero-order valence-electron chi connectivity index (χ0n) is 12.5. The van der Waals surface area contributed by atoms with E-state index in [1.807, 2.05) is 20.8 Å². The van der Waals surface area contributed by atoms with Gasteiger partial charge in [0.25, 0.3) is 0 Å². The summed E-state index contributed by atoms with van der Waals surface area (Å²) in [6, 6.07) is 11.4. The average Bonchev–Trinajstić information content (AvgIpc) is 2.45. The molecule has 0 aliphatic carbocycles. The van der Waals surface area contributed by atoms with Crippen molar-refractivity contribution in [2.75, 3.05) is 6.54 Å². The molecule has 0 aliphatic rings. The zero-order chi connectivity index (χ0) is 15.5. The SMILES string of the molecule is CC(C)(C)NCC(=O)c1cccc(-c2ccc(F)cc2)n1. The molecule has 21 heavy (non-hydrogen) atoms. The van der Waals surface area contributed by atoms with Crippen molar-refractivity contribution in [1.29, 1.82) is 0 Å². The number of Topliss-reactive ketones (excluding diaryl/α,β-unsaturated/α-hetero) is 1. The number of hydrogen-bond donors (Lipinski definition) is 1. The number of rotatable bonds is 4. The molecule has 1 aromatic heterocycles. The van der Waals surface area contributed by atoms with E-state index < -0.39 is 0 Å². The highest BCUT2D eigenvalue weighted by atomic mass is 19.1. The molecule has 2 aromatic rings. The molecule has 0 amide bonds. The van der Waals surface area contributed by atoms with Crippen molar-refractivity contribution in [1.82, 2.24) is 10.3 Å². The second-order valence-electron chi connectivity index (χ2n) is 5.94. The predicted octanol–water partition coefficient (Wildman–Crippen LogP) is 3.46. The van der Waals surface area contributed by atoms with Crippen LogP contribution in [0.3, 0.4) is 0 Å². The molecule has 0 unspecified atom stereocenters. The van der Waals surface area contributed by atoms with Gasteiger partial charge in [0.05, 0.1) is 12.2 Å². The molecular weight excluding hydrogens is 267 g/mol. The molecule has 1 N–H and O–H groups in total. The van der Waals surface area contributed by atoms with Gasteiger partial charge >= 0.3 is 0 Å². The van der Waals surface area contributed by atoms with Gasteiger partial charge in [-0.2, -0.15) is 0 Å². The third-order valence-electron chi connectivity index (χ3n) is 2.95. The number of hydrogen-bond acceptors (Lipinski definition) is 3. The maximum atomic E-state index is 12.9. The number of carbonyl (C=O) groups excluding carboxylic acids is 1. The van der Waals surface area contributed by atoms with Crippen molar-refractivity contribution in [3.63, 3.8) is 0 Å². The molecule has 0 aliphatic heterocycles. The van der Waals surface area contributed by atoms with Crippen LogP contribution >= 0.6 is 0 Å². The van der Waals surface area contributed by atoms with Crippen LogP contribution in [-0.2, 0) is 0 Å². The third kappa shape index (κ3) is 4.46. The number of pyridine rings is 1. The van der Waals surface area contributed by atoms with Crippen molar-refractivity contribution in [2.45, 2.75) is 26.3 Å². The topological polar surface area (TPSA) is 42.0 Å². The van der Waals surface area contributed by atoms with Gasteiger partial charge in [0.1, 0.15) is 11.5 Å². The van der Waals surface area contributed by atoms with Gasteiger partial charge in [0.2, 0.25) is 0 Å². The van der Waals surface area contributed by atoms with E-state index >= 15 is 0 Å². The molecule has 3 nitrogen and oxygen atoms in total. The molecule has 0 spiro atoms. The summed E-state index contributed by atoms with van der Waals surface area (Å²) in [5.41, 5.74) is 1.74. The minimum atomic E-state index is -0.291. The van der Waals surface area contributed by atoms with E-state index in [0.29, 0.717) is 11.4 Å². The molecule has 110 valence electrons. The normalized spacial score (nSPS) is 11.4. The van der Waals surface area contributed by atoms with Crippen LogP contribution in [0.2, 0.25) is 0 Å². The standard InChI is InChI=1S/C17H19FN2O/c1-17(2,3)19-11-16(21)15-6-4-5-14(20-15)12-7-9-13(18)10-8-12/h4-10,19H,11H2,1-3H3. The highest BCUT2D eigenvalue weighted by Gasteiger charge is 2.14. The lowest BCUT2D eigenvalue weighted by molar-refractivity contribution is 0.0977. The summed E-state index contributed by atoms with van der Waals surface area (Å²) < 4.78 is 12.9. The number of benzene rings is 1. The maximum Gasteiger partial charge on any atom is 0.194 e. The molecule has 0 fully saturated rings. The number of halogens is 1. The first kappa shape index (κ1) is 15.3. The van der Waals surface area contributed by atoms with Crippen LogP contribution in [0.1, 0.15) is 31.3 Å². The van der Waals surface area contributed by atoms with E-state index in [1.54, 1.807) is 30.3 Å². The van der Waals surface area contributed by atoms with E-state index in [9.17, 15) is 9.18 Å². The van der Waals surface area contributed by atoms with Crippen molar-refractivity contribution in [3.8, 4) is 11.3 Å². The van der Waals surface area contributed by atoms with Gasteiger partial charge in [0.15, 0.2) is 5.78 Å². The molecule has 0 saturated heterocycles. The highest BCUT2D eigenvalue weighted by molar-refractivity contribution is 5.96. The quantitative estimate of drug-likeness (QED) is 0.875. The molecule has 0 radical (unpaired) electrons. The van der Waals surface area contributed by atoms with Crippen LogP contribution in [-0.4, -0.2) is 22.9 Å². The molecule has 2 rings (SSSR count). The zero-order valence-corrected chi connectivity index (χ0v) is 12.5. The summed E-state index contributed by atoms with van der Waals surface area (Å²) in [7, 11) is 0. The molecule has 0 bridgehead atoms. The van der Waals surface area contributed by atoms with Gasteiger partial charge in [-0.15, -0.1) is 0 Å². The van der Waals surface area contributed by atoms with Gasteiger partial charge < -0.3 is 5.32 Å². The smallest absolute Gasteiger partial charge is 0.194 e. The lowest BCUT2D eigenvalue weighted by atomic mass is 10.1. The monoisotopic (exact) mass is 286 g/mol. The van der Waals surface area contributed by atoms with Crippen LogP contribution in [0.15, 0.2) is 42.5 Å². The number of nitrogens with one attached hydrogen (secondary N) is 1. The second-order valence-corrected chi connectivity index (χ2v) is 5.94. The van der Waals surface area contributed by atoms with Crippen LogP contribution in [0.5, 0.6) is 0 Å². The van der Waals surface area contributed by atoms with Crippen molar-refractivity contribution < 1.29 is 9.18 Å². The van der Waals surface area contributed by atoms with E-state index in [4.69, 9.17) is 0 Å². The predicted molar refractivity (Wildman–Crippen MR) is 81.7 cm³/mol. The Morgan fingerprint density at radius 3 is 2.43 bits per heavy atom. The van der Waals surface area contributed by atoms with E-state index in [1.165, 1.54) is 12.1 Å². The lowest BCUT2D eigenvalue weighted by Gasteiger charge is -2.19. The Hall–Kier alpha value is -2.07. The Morgan fingerprint density at radius 2 is 1.81 bits per heavy atom. The van der Waals surface area contributed by atoms with Gasteiger partial charge in [-0.25, -0.2) is 9.37 Å². The second kappa shape index (κ2) is 6.14. The summed E-state index contributed by atoms with van der Waals surface area (Å²) in [4.78, 5) is 16.5. The van der Waals surface area contributed by atoms with Crippen molar-refractivity contribution in [2.24, 2.45) is 0 Å². The number of ketones is 1. The number of carbonyl (C=O) groups is 1. The fraction of sp³-hybridized carbons (Fsp3) is 0.294. The minimum Gasteiger partial charge on any atom is -0.305 e. The van der Waals surface area contributed by atoms with E-state index in [0.717, 1.165) is 5.56 Å². The Morgan fingerprint density at radius 1 is 1.14 bits per heavy atom. The Bertz CT molecular complexity index is 630. The first-order valence-electron chi connectivity index (χ1n) is 6.86. The van der Waals surface area contributed by atoms with E-state index in [-0.39, 0.29) is 23.7 Å². The summed E-state index contributed by atoms with van der Waals surface area (Å²) in [5.74, 6) is -0.353. The Balaban J connectivity index is 2.17. The van der Waals surface area contributed by atoms with Gasteiger partial charge in [-0.1, -0.05) is 6.07 Å². The van der Waals surface area contributed by atoms with Crippen molar-refractivity contribution in [3.05, 3.63) is 54.0 Å². The average molecular weight is 286 g/mol. The van der Waals surface area contributed by atoms with Crippen LogP contribution in [0.4, 0.5) is 4.39 Å². The summed E-state index contributed by atoms with van der Waals surface area (Å²) in [6.07, 6.45) is 0. The molecule has 4 heteroatoms. The first-order chi connectivity index (χ1) is 9.85. The van der Waals surface area contributed by atoms with Gasteiger partial charge in [-0.3, -0.25) is 4.79 Å². The molecule has 1 heterocycles. The van der Waals surface area contributed by atoms with Crippen LogP contribution < -0.4 is 5.32 Å². The number of aromatic nitrogens is 1. The summed E-state index contributed by atoms with van der Waals surface area (Å²) in [5, 5.41) is 3.15. The third-order valence-corrected chi connectivity index (χ3v) is 2.95. The lowest BCUT2D eigenvalue weighted by Crippen LogP contribution is -2.39. The summed E-state index contributed by atoms with van der Waals surface area (Å²) in [6.45, 7) is 6.25. The largest absolute Gasteiger partial charge is 0.305 e.